The van der Waals surface area contributed by atoms with E-state index in [1.165, 1.54) is 4.70 Å². The number of rotatable bonds is 3. The fourth-order valence-electron chi connectivity index (χ4n) is 2.50. The minimum Gasteiger partial charge on any atom is -0.280 e. The lowest BCUT2D eigenvalue weighted by atomic mass is 10.2. The van der Waals surface area contributed by atoms with E-state index in [4.69, 9.17) is 5.84 Å². The van der Waals surface area contributed by atoms with Crippen LogP contribution in [0, 0.1) is 0 Å². The first-order valence-corrected chi connectivity index (χ1v) is 8.19. The summed E-state index contributed by atoms with van der Waals surface area (Å²) in [5.74, 6) is 6.19. The van der Waals surface area contributed by atoms with Gasteiger partial charge in [0.2, 0.25) is 0 Å². The first-order chi connectivity index (χ1) is 11.3. The topological polar surface area (TPSA) is 42.1 Å². The largest absolute Gasteiger partial charge is 0.280 e. The van der Waals surface area contributed by atoms with Crippen molar-refractivity contribution in [3.05, 3.63) is 78.9 Å². The van der Waals surface area contributed by atoms with E-state index in [9.17, 15) is 0 Å². The Morgan fingerprint density at radius 3 is 2.13 bits per heavy atom. The fraction of sp³-hybridized carbons (Fsp3) is 0. The van der Waals surface area contributed by atoms with Crippen molar-refractivity contribution in [1.82, 2.24) is 4.98 Å². The molecule has 0 aliphatic rings. The second-order valence-corrected chi connectivity index (χ2v) is 6.27. The van der Waals surface area contributed by atoms with E-state index in [1.807, 2.05) is 60.7 Å². The Morgan fingerprint density at radius 1 is 0.739 bits per heavy atom. The lowest BCUT2D eigenvalue weighted by Gasteiger charge is -2.18. The molecule has 4 heteroatoms. The second kappa shape index (κ2) is 5.83. The Kier molecular flexibility index (Phi) is 3.54. The molecule has 0 aliphatic heterocycles. The lowest BCUT2D eigenvalue weighted by Crippen LogP contribution is -2.24. The number of aromatic nitrogens is 1. The molecule has 0 atom stereocenters. The number of para-hydroxylation sites is 2. The van der Waals surface area contributed by atoms with Gasteiger partial charge >= 0.3 is 0 Å². The van der Waals surface area contributed by atoms with Crippen molar-refractivity contribution in [1.29, 1.82) is 0 Å². The van der Waals surface area contributed by atoms with Gasteiger partial charge in [-0.2, -0.15) is 0 Å². The molecule has 0 amide bonds. The van der Waals surface area contributed by atoms with Crippen LogP contribution in [-0.2, 0) is 0 Å². The molecule has 1 heterocycles. The summed E-state index contributed by atoms with van der Waals surface area (Å²) in [4.78, 5) is 4.69. The Labute approximate surface area is 138 Å². The highest BCUT2D eigenvalue weighted by Gasteiger charge is 2.08. The number of anilines is 2. The highest BCUT2D eigenvalue weighted by atomic mass is 32.1. The Balaban J connectivity index is 1.65. The van der Waals surface area contributed by atoms with Gasteiger partial charge in [0.25, 0.3) is 0 Å². The zero-order valence-electron chi connectivity index (χ0n) is 12.4. The summed E-state index contributed by atoms with van der Waals surface area (Å²) in [6.07, 6.45) is 0. The molecule has 4 aromatic rings. The van der Waals surface area contributed by atoms with Crippen molar-refractivity contribution in [3.63, 3.8) is 0 Å². The highest BCUT2D eigenvalue weighted by Crippen LogP contribution is 2.31. The van der Waals surface area contributed by atoms with Crippen molar-refractivity contribution < 1.29 is 0 Å². The van der Waals surface area contributed by atoms with E-state index < -0.39 is 0 Å². The minimum absolute atomic E-state index is 0.945. The molecule has 4 rings (SSSR count). The van der Waals surface area contributed by atoms with Crippen molar-refractivity contribution in [2.75, 3.05) is 5.01 Å². The first-order valence-electron chi connectivity index (χ1n) is 7.37. The summed E-state index contributed by atoms with van der Waals surface area (Å²) >= 11 is 1.71. The van der Waals surface area contributed by atoms with Gasteiger partial charge in [-0.3, -0.25) is 5.01 Å². The second-order valence-electron chi connectivity index (χ2n) is 5.24. The average Bonchev–Trinajstić information content (AvgIpc) is 3.06. The monoisotopic (exact) mass is 317 g/mol. The molecule has 0 bridgehead atoms. The average molecular weight is 317 g/mol. The van der Waals surface area contributed by atoms with Gasteiger partial charge in [0.1, 0.15) is 5.01 Å². The van der Waals surface area contributed by atoms with Crippen LogP contribution in [0.4, 0.5) is 11.4 Å². The van der Waals surface area contributed by atoms with Gasteiger partial charge in [-0.15, -0.1) is 11.3 Å². The summed E-state index contributed by atoms with van der Waals surface area (Å²) < 4.78 is 1.20. The normalized spacial score (nSPS) is 10.8. The number of hydrazine groups is 1. The number of fused-ring (bicyclic) bond motifs is 1. The van der Waals surface area contributed by atoms with Gasteiger partial charge in [0.05, 0.1) is 21.6 Å². The van der Waals surface area contributed by atoms with Crippen molar-refractivity contribution in [2.24, 2.45) is 5.84 Å². The molecule has 23 heavy (non-hydrogen) atoms. The smallest absolute Gasteiger partial charge is 0.124 e. The molecule has 0 fully saturated rings. The molecule has 112 valence electrons. The number of nitrogens with zero attached hydrogens (tertiary/aromatic N) is 2. The minimum atomic E-state index is 0.945. The van der Waals surface area contributed by atoms with Crippen LogP contribution in [0.1, 0.15) is 0 Å². The van der Waals surface area contributed by atoms with E-state index in [-0.39, 0.29) is 0 Å². The number of nitrogens with two attached hydrogens (primary N) is 1. The Morgan fingerprint density at radius 2 is 1.39 bits per heavy atom. The molecule has 2 N–H and O–H groups in total. The molecule has 0 saturated carbocycles. The molecule has 1 aromatic heterocycles. The molecule has 0 radical (unpaired) electrons. The maximum atomic E-state index is 6.19. The summed E-state index contributed by atoms with van der Waals surface area (Å²) in [6, 6.07) is 26.3. The number of hydrogen-bond donors (Lipinski definition) is 1. The summed E-state index contributed by atoms with van der Waals surface area (Å²) in [5, 5.41) is 2.71. The number of hydrogen-bond acceptors (Lipinski definition) is 4. The van der Waals surface area contributed by atoms with Gasteiger partial charge in [0.15, 0.2) is 0 Å². The van der Waals surface area contributed by atoms with Crippen LogP contribution in [0.3, 0.4) is 0 Å². The van der Waals surface area contributed by atoms with E-state index in [0.29, 0.717) is 0 Å². The number of thiazole rings is 1. The molecular weight excluding hydrogens is 302 g/mol. The summed E-state index contributed by atoms with van der Waals surface area (Å²) in [5.41, 5.74) is 4.05. The molecule has 3 nitrogen and oxygen atoms in total. The SMILES string of the molecule is NN(c1ccccc1)c1ccc(-c2nc3ccccc3s2)cc1. The molecule has 0 aliphatic carbocycles. The van der Waals surface area contributed by atoms with Gasteiger partial charge in [0, 0.05) is 5.56 Å². The quantitative estimate of drug-likeness (QED) is 0.428. The van der Waals surface area contributed by atoms with Gasteiger partial charge < -0.3 is 0 Å². The van der Waals surface area contributed by atoms with Gasteiger partial charge in [-0.1, -0.05) is 30.3 Å². The molecular formula is C19H15N3S. The molecule has 3 aromatic carbocycles. The maximum Gasteiger partial charge on any atom is 0.124 e. The zero-order valence-corrected chi connectivity index (χ0v) is 13.2. The Hall–Kier alpha value is -2.69. The molecule has 0 saturated heterocycles. The predicted octanol–water partition coefficient (Wildman–Crippen LogP) is 4.98. The van der Waals surface area contributed by atoms with Crippen molar-refractivity contribution in [3.8, 4) is 10.6 Å². The van der Waals surface area contributed by atoms with Crippen LogP contribution in [0.25, 0.3) is 20.8 Å². The Bertz CT molecular complexity index is 897. The summed E-state index contributed by atoms with van der Waals surface area (Å²) in [6.45, 7) is 0. The van der Waals surface area contributed by atoms with E-state index in [0.717, 1.165) is 27.5 Å². The number of benzene rings is 3. The lowest BCUT2D eigenvalue weighted by molar-refractivity contribution is 1.09. The van der Waals surface area contributed by atoms with Gasteiger partial charge in [-0.25, -0.2) is 10.8 Å². The van der Waals surface area contributed by atoms with Gasteiger partial charge in [-0.05, 0) is 48.5 Å². The molecule has 0 unspecified atom stereocenters. The van der Waals surface area contributed by atoms with Crippen molar-refractivity contribution in [2.45, 2.75) is 0 Å². The van der Waals surface area contributed by atoms with E-state index >= 15 is 0 Å². The third-order valence-corrected chi connectivity index (χ3v) is 4.81. The zero-order chi connectivity index (χ0) is 15.6. The van der Waals surface area contributed by atoms with Crippen LogP contribution in [0.15, 0.2) is 78.9 Å². The third-order valence-electron chi connectivity index (χ3n) is 3.72. The summed E-state index contributed by atoms with van der Waals surface area (Å²) in [7, 11) is 0. The fourth-order valence-corrected chi connectivity index (χ4v) is 3.47. The van der Waals surface area contributed by atoms with E-state index in [1.54, 1.807) is 16.3 Å². The van der Waals surface area contributed by atoms with Crippen LogP contribution >= 0.6 is 11.3 Å². The highest BCUT2D eigenvalue weighted by molar-refractivity contribution is 7.21. The van der Waals surface area contributed by atoms with Crippen LogP contribution in [-0.4, -0.2) is 4.98 Å². The predicted molar refractivity (Wildman–Crippen MR) is 97.8 cm³/mol. The van der Waals surface area contributed by atoms with Crippen LogP contribution in [0.5, 0.6) is 0 Å². The van der Waals surface area contributed by atoms with E-state index in [2.05, 4.69) is 23.2 Å². The maximum absolute atomic E-state index is 6.19. The van der Waals surface area contributed by atoms with Crippen LogP contribution < -0.4 is 10.9 Å². The first kappa shape index (κ1) is 13.9. The third kappa shape index (κ3) is 2.70. The molecule has 0 spiro atoms. The van der Waals surface area contributed by atoms with Crippen molar-refractivity contribution >= 4 is 32.9 Å². The standard InChI is InChI=1S/C19H15N3S/c20-22(15-6-2-1-3-7-15)16-12-10-14(11-13-16)19-21-17-8-4-5-9-18(17)23-19/h1-13H,20H2. The van der Waals surface area contributed by atoms with Crippen LogP contribution in [0.2, 0.25) is 0 Å².